The summed E-state index contributed by atoms with van der Waals surface area (Å²) in [4.78, 5) is 21.6. The van der Waals surface area contributed by atoms with Gasteiger partial charge in [-0.15, -0.1) is 0 Å². The fourth-order valence-corrected chi connectivity index (χ4v) is 2.18. The van der Waals surface area contributed by atoms with Crippen LogP contribution in [0.5, 0.6) is 0 Å². The van der Waals surface area contributed by atoms with Crippen LogP contribution >= 0.6 is 0 Å². The topological polar surface area (TPSA) is 78.4 Å². The standard InChI is InChI=1S/C17H32N2O3/c1-3-4-5-6-7-8-9-10-11-12-15(2)18-13-16(20)19-14-17(21)22/h18H,2-14H2,1H3,(H,19,20)(H,21,22). The number of nitrogens with one attached hydrogen (secondary N) is 2. The quantitative estimate of drug-likeness (QED) is 0.406. The first-order valence-electron chi connectivity index (χ1n) is 8.46. The molecule has 0 fully saturated rings. The Morgan fingerprint density at radius 3 is 1.95 bits per heavy atom. The van der Waals surface area contributed by atoms with E-state index in [1.165, 1.54) is 51.4 Å². The molecule has 0 heterocycles. The molecular weight excluding hydrogens is 280 g/mol. The first kappa shape index (κ1) is 20.5. The van der Waals surface area contributed by atoms with Crippen molar-refractivity contribution >= 4 is 11.9 Å². The molecule has 0 aliphatic heterocycles. The fraction of sp³-hybridized carbons (Fsp3) is 0.765. The summed E-state index contributed by atoms with van der Waals surface area (Å²) in [6.07, 6.45) is 12.4. The molecule has 0 saturated heterocycles. The van der Waals surface area contributed by atoms with Gasteiger partial charge in [-0.1, -0.05) is 64.9 Å². The third-order valence-electron chi connectivity index (χ3n) is 3.52. The number of carbonyl (C=O) groups is 2. The van der Waals surface area contributed by atoms with Crippen LogP contribution in [0.2, 0.25) is 0 Å². The molecule has 0 aromatic heterocycles. The Labute approximate surface area is 134 Å². The van der Waals surface area contributed by atoms with Crippen molar-refractivity contribution < 1.29 is 14.7 Å². The third-order valence-corrected chi connectivity index (χ3v) is 3.52. The summed E-state index contributed by atoms with van der Waals surface area (Å²) in [5.74, 6) is -1.36. The largest absolute Gasteiger partial charge is 0.480 e. The van der Waals surface area contributed by atoms with Crippen molar-refractivity contribution in [1.29, 1.82) is 0 Å². The number of carboxylic acid groups (broad SMARTS) is 1. The van der Waals surface area contributed by atoms with E-state index in [0.717, 1.165) is 18.5 Å². The highest BCUT2D eigenvalue weighted by Crippen LogP contribution is 2.11. The number of carboxylic acids is 1. The number of hydrogen-bond donors (Lipinski definition) is 3. The van der Waals surface area contributed by atoms with Gasteiger partial charge in [0.1, 0.15) is 6.54 Å². The zero-order valence-corrected chi connectivity index (χ0v) is 14.0. The normalized spacial score (nSPS) is 10.2. The molecule has 0 aliphatic rings. The number of unbranched alkanes of at least 4 members (excludes halogenated alkanes) is 8. The molecule has 0 unspecified atom stereocenters. The van der Waals surface area contributed by atoms with Crippen LogP contribution in [0.25, 0.3) is 0 Å². The van der Waals surface area contributed by atoms with Crippen molar-refractivity contribution in [1.82, 2.24) is 10.6 Å². The summed E-state index contributed by atoms with van der Waals surface area (Å²) in [5.41, 5.74) is 0.841. The van der Waals surface area contributed by atoms with Crippen LogP contribution in [0, 0.1) is 0 Å². The summed E-state index contributed by atoms with van der Waals surface area (Å²) >= 11 is 0. The summed E-state index contributed by atoms with van der Waals surface area (Å²) in [6, 6.07) is 0. The predicted molar refractivity (Wildman–Crippen MR) is 89.6 cm³/mol. The highest BCUT2D eigenvalue weighted by atomic mass is 16.4. The van der Waals surface area contributed by atoms with Crippen molar-refractivity contribution in [2.75, 3.05) is 13.1 Å². The van der Waals surface area contributed by atoms with Gasteiger partial charge < -0.3 is 15.7 Å². The average molecular weight is 312 g/mol. The van der Waals surface area contributed by atoms with Crippen LogP contribution in [-0.4, -0.2) is 30.1 Å². The van der Waals surface area contributed by atoms with Gasteiger partial charge >= 0.3 is 5.97 Å². The van der Waals surface area contributed by atoms with Crippen LogP contribution in [0.15, 0.2) is 12.3 Å². The Balaban J connectivity index is 3.35. The summed E-state index contributed by atoms with van der Waals surface area (Å²) < 4.78 is 0. The SMILES string of the molecule is C=C(CCCCCCCCCCC)NCC(=O)NCC(=O)O. The van der Waals surface area contributed by atoms with Crippen molar-refractivity contribution in [3.8, 4) is 0 Å². The van der Waals surface area contributed by atoms with Crippen LogP contribution < -0.4 is 10.6 Å². The van der Waals surface area contributed by atoms with E-state index in [2.05, 4.69) is 24.1 Å². The monoisotopic (exact) mass is 312 g/mol. The molecule has 0 aliphatic carbocycles. The van der Waals surface area contributed by atoms with Gasteiger partial charge in [-0.05, 0) is 12.8 Å². The average Bonchev–Trinajstić information content (AvgIpc) is 2.49. The van der Waals surface area contributed by atoms with Gasteiger partial charge in [0, 0.05) is 5.70 Å². The van der Waals surface area contributed by atoms with Crippen molar-refractivity contribution in [3.63, 3.8) is 0 Å². The molecule has 3 N–H and O–H groups in total. The molecule has 0 spiro atoms. The van der Waals surface area contributed by atoms with E-state index in [0.29, 0.717) is 0 Å². The molecule has 0 aromatic rings. The second-order valence-corrected chi connectivity index (χ2v) is 5.71. The second kappa shape index (κ2) is 14.4. The predicted octanol–water partition coefficient (Wildman–Crippen LogP) is 3.21. The molecular formula is C17H32N2O3. The Bertz CT molecular complexity index is 330. The van der Waals surface area contributed by atoms with Crippen LogP contribution in [0.4, 0.5) is 0 Å². The Hall–Kier alpha value is -1.52. The molecule has 0 aromatic carbocycles. The highest BCUT2D eigenvalue weighted by Gasteiger charge is 2.03. The van der Waals surface area contributed by atoms with Gasteiger partial charge in [0.05, 0.1) is 6.54 Å². The highest BCUT2D eigenvalue weighted by molar-refractivity contribution is 5.82. The van der Waals surface area contributed by atoms with Gasteiger partial charge in [-0.3, -0.25) is 9.59 Å². The number of rotatable bonds is 15. The van der Waals surface area contributed by atoms with E-state index in [1.807, 2.05) is 0 Å². The minimum absolute atomic E-state index is 0.0868. The smallest absolute Gasteiger partial charge is 0.322 e. The van der Waals surface area contributed by atoms with Gasteiger partial charge in [-0.25, -0.2) is 0 Å². The molecule has 5 heteroatoms. The number of carbonyl (C=O) groups excluding carboxylic acids is 1. The molecule has 22 heavy (non-hydrogen) atoms. The molecule has 5 nitrogen and oxygen atoms in total. The zero-order valence-electron chi connectivity index (χ0n) is 14.0. The van der Waals surface area contributed by atoms with Crippen molar-refractivity contribution in [2.45, 2.75) is 71.1 Å². The Morgan fingerprint density at radius 1 is 0.864 bits per heavy atom. The number of amides is 1. The fourth-order valence-electron chi connectivity index (χ4n) is 2.18. The maximum atomic E-state index is 11.3. The molecule has 0 rings (SSSR count). The number of allylic oxidation sites excluding steroid dienone is 1. The van der Waals surface area contributed by atoms with Crippen LogP contribution in [-0.2, 0) is 9.59 Å². The van der Waals surface area contributed by atoms with Gasteiger partial charge in [0.2, 0.25) is 5.91 Å². The van der Waals surface area contributed by atoms with E-state index in [-0.39, 0.29) is 19.0 Å². The number of hydrogen-bond acceptors (Lipinski definition) is 3. The molecule has 0 atom stereocenters. The maximum Gasteiger partial charge on any atom is 0.322 e. The first-order chi connectivity index (χ1) is 10.6. The lowest BCUT2D eigenvalue weighted by Gasteiger charge is -2.09. The van der Waals surface area contributed by atoms with E-state index in [1.54, 1.807) is 0 Å². The molecule has 1 amide bonds. The number of aliphatic carboxylic acids is 1. The van der Waals surface area contributed by atoms with Gasteiger partial charge in [0.25, 0.3) is 0 Å². The molecule has 128 valence electrons. The minimum atomic E-state index is -1.04. The lowest BCUT2D eigenvalue weighted by molar-refractivity contribution is -0.137. The van der Waals surface area contributed by atoms with E-state index >= 15 is 0 Å². The zero-order chi connectivity index (χ0) is 16.6. The summed E-state index contributed by atoms with van der Waals surface area (Å²) in [7, 11) is 0. The second-order valence-electron chi connectivity index (χ2n) is 5.71. The summed E-state index contributed by atoms with van der Waals surface area (Å²) in [6.45, 7) is 5.86. The maximum absolute atomic E-state index is 11.3. The molecule has 0 saturated carbocycles. The van der Waals surface area contributed by atoms with Gasteiger partial charge in [0.15, 0.2) is 0 Å². The molecule has 0 radical (unpaired) electrons. The van der Waals surface area contributed by atoms with Crippen LogP contribution in [0.1, 0.15) is 71.1 Å². The lowest BCUT2D eigenvalue weighted by atomic mass is 10.1. The van der Waals surface area contributed by atoms with E-state index < -0.39 is 5.97 Å². The van der Waals surface area contributed by atoms with Crippen molar-refractivity contribution in [2.24, 2.45) is 0 Å². The van der Waals surface area contributed by atoms with E-state index in [9.17, 15) is 9.59 Å². The van der Waals surface area contributed by atoms with Gasteiger partial charge in [-0.2, -0.15) is 0 Å². The minimum Gasteiger partial charge on any atom is -0.480 e. The third kappa shape index (κ3) is 14.9. The summed E-state index contributed by atoms with van der Waals surface area (Å²) in [5, 5.41) is 13.7. The van der Waals surface area contributed by atoms with E-state index in [4.69, 9.17) is 5.11 Å². The van der Waals surface area contributed by atoms with Crippen molar-refractivity contribution in [3.05, 3.63) is 12.3 Å². The Morgan fingerprint density at radius 2 is 1.41 bits per heavy atom. The lowest BCUT2D eigenvalue weighted by Crippen LogP contribution is -2.36. The Kier molecular flexibility index (Phi) is 13.4. The first-order valence-corrected chi connectivity index (χ1v) is 8.46. The molecule has 0 bridgehead atoms. The van der Waals surface area contributed by atoms with Crippen LogP contribution in [0.3, 0.4) is 0 Å².